The lowest BCUT2D eigenvalue weighted by atomic mass is 10.3. The second-order valence-electron chi connectivity index (χ2n) is 3.96. The molecule has 0 fully saturated rings. The molecule has 20 heavy (non-hydrogen) atoms. The van der Waals surface area contributed by atoms with Gasteiger partial charge >= 0.3 is 12.0 Å². The summed E-state index contributed by atoms with van der Waals surface area (Å²) in [6.45, 7) is 1.82. The molecular weight excluding hydrogens is 280 g/mol. The predicted octanol–water partition coefficient (Wildman–Crippen LogP) is 2.31. The fourth-order valence-corrected chi connectivity index (χ4v) is 1.83. The van der Waals surface area contributed by atoms with Crippen molar-refractivity contribution in [2.75, 3.05) is 24.5 Å². The fraction of sp³-hybridized carbons (Fsp3) is 0.286. The highest BCUT2D eigenvalue weighted by Crippen LogP contribution is 2.20. The Bertz CT molecular complexity index is 539. The SMILES string of the molecule is C#CCN(CC)C(=O)N(CC(=O)O)c1cccc(Cl)c1. The molecule has 0 atom stereocenters. The first-order valence-corrected chi connectivity index (χ1v) is 6.34. The normalized spacial score (nSPS) is 9.65. The van der Waals surface area contributed by atoms with E-state index in [9.17, 15) is 9.59 Å². The maximum atomic E-state index is 12.4. The first kappa shape index (κ1) is 15.9. The van der Waals surface area contributed by atoms with Crippen LogP contribution in [0.4, 0.5) is 10.5 Å². The van der Waals surface area contributed by atoms with Gasteiger partial charge in [0.1, 0.15) is 6.54 Å². The second kappa shape index (κ2) is 7.41. The Morgan fingerprint density at radius 1 is 1.45 bits per heavy atom. The lowest BCUT2D eigenvalue weighted by molar-refractivity contribution is -0.135. The number of terminal acetylenes is 1. The summed E-state index contributed by atoms with van der Waals surface area (Å²) in [6, 6.07) is 5.99. The molecular formula is C14H15ClN2O3. The van der Waals surface area contributed by atoms with Crippen LogP contribution in [0.25, 0.3) is 0 Å². The zero-order valence-electron chi connectivity index (χ0n) is 11.0. The van der Waals surface area contributed by atoms with Crippen molar-refractivity contribution in [3.8, 4) is 12.3 Å². The van der Waals surface area contributed by atoms with Gasteiger partial charge in [-0.1, -0.05) is 23.6 Å². The third kappa shape index (κ3) is 4.18. The molecule has 1 aromatic carbocycles. The minimum atomic E-state index is -1.12. The average Bonchev–Trinajstić information content (AvgIpc) is 2.41. The number of anilines is 1. The molecule has 0 aliphatic heterocycles. The standard InChI is InChI=1S/C14H15ClN2O3/c1-3-8-16(4-2)14(20)17(10-13(18)19)12-7-5-6-11(15)9-12/h1,5-7,9H,4,8,10H2,2H3,(H,18,19). The van der Waals surface area contributed by atoms with Crippen molar-refractivity contribution in [3.05, 3.63) is 29.3 Å². The van der Waals surface area contributed by atoms with Gasteiger partial charge in [0.15, 0.2) is 0 Å². The zero-order valence-corrected chi connectivity index (χ0v) is 11.8. The number of urea groups is 1. The molecule has 0 aromatic heterocycles. The Kier molecular flexibility index (Phi) is 5.88. The van der Waals surface area contributed by atoms with E-state index >= 15 is 0 Å². The maximum Gasteiger partial charge on any atom is 0.325 e. The number of carbonyl (C=O) groups is 2. The Labute approximate surface area is 122 Å². The number of amides is 2. The molecule has 6 heteroatoms. The Morgan fingerprint density at radius 2 is 2.15 bits per heavy atom. The Morgan fingerprint density at radius 3 is 2.65 bits per heavy atom. The van der Waals surface area contributed by atoms with Crippen molar-refractivity contribution >= 4 is 29.3 Å². The van der Waals surface area contributed by atoms with Gasteiger partial charge in [0, 0.05) is 17.3 Å². The summed E-state index contributed by atoms with van der Waals surface area (Å²) in [4.78, 5) is 25.8. The molecule has 0 bridgehead atoms. The van der Waals surface area contributed by atoms with Crippen molar-refractivity contribution in [3.63, 3.8) is 0 Å². The van der Waals surface area contributed by atoms with Gasteiger partial charge in [-0.05, 0) is 25.1 Å². The highest BCUT2D eigenvalue weighted by molar-refractivity contribution is 6.30. The maximum absolute atomic E-state index is 12.4. The number of carbonyl (C=O) groups excluding carboxylic acids is 1. The molecule has 0 heterocycles. The highest BCUT2D eigenvalue weighted by atomic mass is 35.5. The third-order valence-electron chi connectivity index (χ3n) is 2.58. The van der Waals surface area contributed by atoms with Crippen molar-refractivity contribution < 1.29 is 14.7 Å². The Hall–Kier alpha value is -2.19. The van der Waals surface area contributed by atoms with Crippen molar-refractivity contribution in [1.82, 2.24) is 4.90 Å². The van der Waals surface area contributed by atoms with Gasteiger partial charge in [0.25, 0.3) is 0 Å². The first-order valence-electron chi connectivity index (χ1n) is 5.96. The van der Waals surface area contributed by atoms with Gasteiger partial charge in [0.2, 0.25) is 0 Å². The molecule has 2 amide bonds. The summed E-state index contributed by atoms with van der Waals surface area (Å²) in [5, 5.41) is 9.38. The minimum Gasteiger partial charge on any atom is -0.480 e. The van der Waals surface area contributed by atoms with E-state index in [1.807, 2.05) is 0 Å². The summed E-state index contributed by atoms with van der Waals surface area (Å²) in [7, 11) is 0. The number of halogens is 1. The second-order valence-corrected chi connectivity index (χ2v) is 4.40. The van der Waals surface area contributed by atoms with E-state index in [0.29, 0.717) is 17.3 Å². The van der Waals surface area contributed by atoms with Crippen molar-refractivity contribution in [1.29, 1.82) is 0 Å². The first-order chi connectivity index (χ1) is 9.49. The lowest BCUT2D eigenvalue weighted by Gasteiger charge is -2.27. The molecule has 0 spiro atoms. The van der Waals surface area contributed by atoms with Gasteiger partial charge < -0.3 is 10.0 Å². The molecule has 0 aliphatic carbocycles. The molecule has 1 aromatic rings. The van der Waals surface area contributed by atoms with Crippen LogP contribution < -0.4 is 4.90 Å². The molecule has 0 saturated carbocycles. The van der Waals surface area contributed by atoms with E-state index in [-0.39, 0.29) is 6.54 Å². The summed E-state index contributed by atoms with van der Waals surface area (Å²) in [5.41, 5.74) is 0.417. The topological polar surface area (TPSA) is 60.9 Å². The molecule has 0 aliphatic rings. The van der Waals surface area contributed by atoms with Crippen LogP contribution in [0.3, 0.4) is 0 Å². The monoisotopic (exact) mass is 294 g/mol. The lowest BCUT2D eigenvalue weighted by Crippen LogP contribution is -2.45. The van der Waals surface area contributed by atoms with Crippen LogP contribution in [0.5, 0.6) is 0 Å². The van der Waals surface area contributed by atoms with Crippen LogP contribution in [0.2, 0.25) is 5.02 Å². The molecule has 0 unspecified atom stereocenters. The molecule has 1 N–H and O–H groups in total. The van der Waals surface area contributed by atoms with Crippen LogP contribution >= 0.6 is 11.6 Å². The number of benzene rings is 1. The molecule has 0 saturated heterocycles. The highest BCUT2D eigenvalue weighted by Gasteiger charge is 2.23. The summed E-state index contributed by atoms with van der Waals surface area (Å²) in [5.74, 6) is 1.26. The Balaban J connectivity index is 3.09. The molecule has 5 nitrogen and oxygen atoms in total. The van der Waals surface area contributed by atoms with Crippen LogP contribution in [0.1, 0.15) is 6.92 Å². The molecule has 0 radical (unpaired) electrons. The number of carboxylic acids is 1. The quantitative estimate of drug-likeness (QED) is 0.848. The third-order valence-corrected chi connectivity index (χ3v) is 2.81. The molecule has 1 rings (SSSR count). The number of rotatable bonds is 5. The summed E-state index contributed by atoms with van der Waals surface area (Å²) >= 11 is 5.87. The predicted molar refractivity (Wildman–Crippen MR) is 77.9 cm³/mol. The van der Waals surface area contributed by atoms with E-state index in [1.165, 1.54) is 11.0 Å². The van der Waals surface area contributed by atoms with Crippen LogP contribution in [0.15, 0.2) is 24.3 Å². The van der Waals surface area contributed by atoms with Gasteiger partial charge in [-0.25, -0.2) is 4.79 Å². The number of nitrogens with zero attached hydrogens (tertiary/aromatic N) is 2. The number of hydrogen-bond donors (Lipinski definition) is 1. The minimum absolute atomic E-state index is 0.117. The fourth-order valence-electron chi connectivity index (χ4n) is 1.64. The smallest absolute Gasteiger partial charge is 0.325 e. The van der Waals surface area contributed by atoms with Crippen molar-refractivity contribution in [2.45, 2.75) is 6.92 Å². The van der Waals surface area contributed by atoms with Gasteiger partial charge in [-0.3, -0.25) is 9.69 Å². The van der Waals surface area contributed by atoms with Crippen LogP contribution in [-0.2, 0) is 4.79 Å². The van der Waals surface area contributed by atoms with E-state index < -0.39 is 18.5 Å². The molecule has 106 valence electrons. The van der Waals surface area contributed by atoms with Gasteiger partial charge in [0.05, 0.1) is 6.54 Å². The van der Waals surface area contributed by atoms with Crippen molar-refractivity contribution in [2.24, 2.45) is 0 Å². The summed E-state index contributed by atoms with van der Waals surface area (Å²) in [6.07, 6.45) is 5.21. The van der Waals surface area contributed by atoms with Crippen LogP contribution in [0, 0.1) is 12.3 Å². The van der Waals surface area contributed by atoms with E-state index in [4.69, 9.17) is 23.1 Å². The van der Waals surface area contributed by atoms with E-state index in [2.05, 4.69) is 5.92 Å². The number of carboxylic acid groups (broad SMARTS) is 1. The number of hydrogen-bond acceptors (Lipinski definition) is 2. The van der Waals surface area contributed by atoms with Gasteiger partial charge in [-0.2, -0.15) is 0 Å². The van der Waals surface area contributed by atoms with E-state index in [1.54, 1.807) is 25.1 Å². The average molecular weight is 295 g/mol. The van der Waals surface area contributed by atoms with Crippen LogP contribution in [-0.4, -0.2) is 41.6 Å². The summed E-state index contributed by atoms with van der Waals surface area (Å²) < 4.78 is 0. The largest absolute Gasteiger partial charge is 0.480 e. The zero-order chi connectivity index (χ0) is 15.1. The van der Waals surface area contributed by atoms with E-state index in [0.717, 1.165) is 4.90 Å². The van der Waals surface area contributed by atoms with Gasteiger partial charge in [-0.15, -0.1) is 6.42 Å². The number of aliphatic carboxylic acids is 1.